The molecule has 0 radical (unpaired) electrons. The molecule has 0 heterocycles. The normalized spacial score (nSPS) is 25.7. The van der Waals surface area contributed by atoms with Crippen LogP contribution in [0, 0.1) is 11.8 Å². The minimum Gasteiger partial charge on any atom is -0.377 e. The van der Waals surface area contributed by atoms with Gasteiger partial charge in [0.2, 0.25) is 5.91 Å². The summed E-state index contributed by atoms with van der Waals surface area (Å²) in [6, 6.07) is 0. The van der Waals surface area contributed by atoms with Gasteiger partial charge in [-0.1, -0.05) is 19.8 Å². The van der Waals surface area contributed by atoms with Gasteiger partial charge in [-0.3, -0.25) is 4.79 Å². The summed E-state index contributed by atoms with van der Waals surface area (Å²) in [5.74, 6) is 1.53. The second-order valence-electron chi connectivity index (χ2n) is 5.46. The molecular formula is C14H28N2O2. The number of rotatable bonds is 7. The molecule has 1 aliphatic carbocycles. The van der Waals surface area contributed by atoms with Crippen LogP contribution in [-0.2, 0) is 9.53 Å². The van der Waals surface area contributed by atoms with E-state index in [4.69, 9.17) is 10.5 Å². The Kier molecular flexibility index (Phi) is 7.28. The number of carbonyl (C=O) groups is 1. The molecule has 1 aliphatic rings. The summed E-state index contributed by atoms with van der Waals surface area (Å²) in [6.07, 6.45) is 5.37. The predicted octanol–water partition coefficient (Wildman–Crippen LogP) is 1.68. The fourth-order valence-corrected chi connectivity index (χ4v) is 2.73. The fraction of sp³-hybridized carbons (Fsp3) is 0.929. The molecule has 3 N–H and O–H groups in total. The molecule has 0 bridgehead atoms. The van der Waals surface area contributed by atoms with Crippen LogP contribution >= 0.6 is 0 Å². The molecule has 0 aromatic heterocycles. The smallest absolute Gasteiger partial charge is 0.222 e. The summed E-state index contributed by atoms with van der Waals surface area (Å²) >= 11 is 0. The van der Waals surface area contributed by atoms with E-state index in [2.05, 4.69) is 12.2 Å². The van der Waals surface area contributed by atoms with E-state index < -0.39 is 0 Å². The van der Waals surface area contributed by atoms with Crippen LogP contribution in [0.3, 0.4) is 0 Å². The van der Waals surface area contributed by atoms with Crippen molar-refractivity contribution in [2.75, 3.05) is 19.7 Å². The highest BCUT2D eigenvalue weighted by Gasteiger charge is 2.20. The van der Waals surface area contributed by atoms with Crippen molar-refractivity contribution in [3.63, 3.8) is 0 Å². The van der Waals surface area contributed by atoms with Gasteiger partial charge in [0.1, 0.15) is 0 Å². The predicted molar refractivity (Wildman–Crippen MR) is 73.2 cm³/mol. The van der Waals surface area contributed by atoms with Crippen LogP contribution in [-0.4, -0.2) is 31.7 Å². The van der Waals surface area contributed by atoms with Gasteiger partial charge in [-0.15, -0.1) is 0 Å². The molecule has 1 saturated carbocycles. The van der Waals surface area contributed by atoms with Crippen LogP contribution in [0.1, 0.15) is 46.0 Å². The number of hydrogen-bond donors (Lipinski definition) is 2. The summed E-state index contributed by atoms with van der Waals surface area (Å²) in [5.41, 5.74) is 5.56. The van der Waals surface area contributed by atoms with Crippen molar-refractivity contribution < 1.29 is 9.53 Å². The maximum Gasteiger partial charge on any atom is 0.222 e. The molecule has 4 nitrogen and oxygen atoms in total. The molecule has 1 rings (SSSR count). The van der Waals surface area contributed by atoms with E-state index in [1.807, 2.05) is 6.92 Å². The second kappa shape index (κ2) is 8.48. The highest BCUT2D eigenvalue weighted by molar-refractivity contribution is 5.76. The highest BCUT2D eigenvalue weighted by atomic mass is 16.5. The standard InChI is InChI=1S/C14H28N2O2/c1-3-18-13(9-15)8-14(17)16-10-12-6-4-5-11(2)7-12/h11-13H,3-10,15H2,1-2H3,(H,16,17). The number of hydrogen-bond acceptors (Lipinski definition) is 3. The highest BCUT2D eigenvalue weighted by Crippen LogP contribution is 2.27. The average Bonchev–Trinajstić information content (AvgIpc) is 2.36. The van der Waals surface area contributed by atoms with E-state index in [9.17, 15) is 4.79 Å². The van der Waals surface area contributed by atoms with Crippen molar-refractivity contribution >= 4 is 5.91 Å². The van der Waals surface area contributed by atoms with Crippen LogP contribution < -0.4 is 11.1 Å². The molecule has 0 aromatic rings. The molecule has 3 unspecified atom stereocenters. The van der Waals surface area contributed by atoms with Crippen molar-refractivity contribution in [2.45, 2.75) is 52.1 Å². The molecule has 1 amide bonds. The van der Waals surface area contributed by atoms with Crippen molar-refractivity contribution in [1.29, 1.82) is 0 Å². The van der Waals surface area contributed by atoms with Crippen molar-refractivity contribution in [3.05, 3.63) is 0 Å². The third kappa shape index (κ3) is 5.83. The van der Waals surface area contributed by atoms with E-state index in [-0.39, 0.29) is 12.0 Å². The Morgan fingerprint density at radius 3 is 2.89 bits per heavy atom. The van der Waals surface area contributed by atoms with Gasteiger partial charge in [0.25, 0.3) is 0 Å². The Morgan fingerprint density at radius 2 is 2.28 bits per heavy atom. The number of nitrogens with one attached hydrogen (secondary N) is 1. The second-order valence-corrected chi connectivity index (χ2v) is 5.46. The number of nitrogens with two attached hydrogens (primary N) is 1. The molecular weight excluding hydrogens is 228 g/mol. The number of ether oxygens (including phenoxy) is 1. The molecule has 18 heavy (non-hydrogen) atoms. The summed E-state index contributed by atoms with van der Waals surface area (Å²) < 4.78 is 5.38. The van der Waals surface area contributed by atoms with Crippen LogP contribution in [0.2, 0.25) is 0 Å². The van der Waals surface area contributed by atoms with Gasteiger partial charge in [0.15, 0.2) is 0 Å². The lowest BCUT2D eigenvalue weighted by atomic mass is 9.82. The lowest BCUT2D eigenvalue weighted by Gasteiger charge is -2.27. The van der Waals surface area contributed by atoms with E-state index >= 15 is 0 Å². The Balaban J connectivity index is 2.19. The zero-order valence-electron chi connectivity index (χ0n) is 11.8. The largest absolute Gasteiger partial charge is 0.377 e. The van der Waals surface area contributed by atoms with Crippen LogP contribution in [0.15, 0.2) is 0 Å². The van der Waals surface area contributed by atoms with E-state index in [0.29, 0.717) is 25.5 Å². The Morgan fingerprint density at radius 1 is 1.50 bits per heavy atom. The summed E-state index contributed by atoms with van der Waals surface area (Å²) in [5, 5.41) is 3.02. The topological polar surface area (TPSA) is 64.3 Å². The number of amides is 1. The third-order valence-corrected chi connectivity index (χ3v) is 3.71. The summed E-state index contributed by atoms with van der Waals surface area (Å²) in [7, 11) is 0. The fourth-order valence-electron chi connectivity index (χ4n) is 2.73. The van der Waals surface area contributed by atoms with Gasteiger partial charge >= 0.3 is 0 Å². The maximum absolute atomic E-state index is 11.8. The van der Waals surface area contributed by atoms with Gasteiger partial charge in [-0.2, -0.15) is 0 Å². The van der Waals surface area contributed by atoms with Crippen molar-refractivity contribution in [3.8, 4) is 0 Å². The van der Waals surface area contributed by atoms with Crippen LogP contribution in [0.5, 0.6) is 0 Å². The minimum atomic E-state index is -0.139. The molecule has 1 fully saturated rings. The quantitative estimate of drug-likeness (QED) is 0.728. The van der Waals surface area contributed by atoms with E-state index in [1.165, 1.54) is 25.7 Å². The SMILES string of the molecule is CCOC(CN)CC(=O)NCC1CCCC(C)C1. The van der Waals surface area contributed by atoms with Gasteiger partial charge < -0.3 is 15.8 Å². The number of carbonyl (C=O) groups excluding carboxylic acids is 1. The molecule has 0 aliphatic heterocycles. The van der Waals surface area contributed by atoms with E-state index in [1.54, 1.807) is 0 Å². The van der Waals surface area contributed by atoms with E-state index in [0.717, 1.165) is 12.5 Å². The molecule has 4 heteroatoms. The maximum atomic E-state index is 11.8. The summed E-state index contributed by atoms with van der Waals surface area (Å²) in [6.45, 7) is 6.04. The van der Waals surface area contributed by atoms with Crippen molar-refractivity contribution in [1.82, 2.24) is 5.32 Å². The van der Waals surface area contributed by atoms with Gasteiger partial charge in [0.05, 0.1) is 12.5 Å². The molecule has 0 spiro atoms. The molecule has 106 valence electrons. The minimum absolute atomic E-state index is 0.0668. The lowest BCUT2D eigenvalue weighted by Crippen LogP contribution is -2.36. The first-order chi connectivity index (χ1) is 8.65. The van der Waals surface area contributed by atoms with Gasteiger partial charge in [0, 0.05) is 19.7 Å². The molecule has 0 aromatic carbocycles. The monoisotopic (exact) mass is 256 g/mol. The first-order valence-electron chi connectivity index (χ1n) is 7.24. The van der Waals surface area contributed by atoms with Gasteiger partial charge in [-0.25, -0.2) is 0 Å². The van der Waals surface area contributed by atoms with Gasteiger partial charge in [-0.05, 0) is 31.6 Å². The zero-order chi connectivity index (χ0) is 13.4. The molecule has 0 saturated heterocycles. The first kappa shape index (κ1) is 15.4. The lowest BCUT2D eigenvalue weighted by molar-refractivity contribution is -0.124. The average molecular weight is 256 g/mol. The van der Waals surface area contributed by atoms with Crippen LogP contribution in [0.4, 0.5) is 0 Å². The Hall–Kier alpha value is -0.610. The van der Waals surface area contributed by atoms with Crippen molar-refractivity contribution in [2.24, 2.45) is 17.6 Å². The molecule has 3 atom stereocenters. The third-order valence-electron chi connectivity index (χ3n) is 3.71. The Labute approximate surface area is 111 Å². The summed E-state index contributed by atoms with van der Waals surface area (Å²) in [4.78, 5) is 11.8. The zero-order valence-corrected chi connectivity index (χ0v) is 11.8. The Bertz CT molecular complexity index is 246. The first-order valence-corrected chi connectivity index (χ1v) is 7.24. The van der Waals surface area contributed by atoms with Crippen LogP contribution in [0.25, 0.3) is 0 Å².